The van der Waals surface area contributed by atoms with Crippen LogP contribution >= 0.6 is 0 Å². The Morgan fingerprint density at radius 1 is 1.19 bits per heavy atom. The van der Waals surface area contributed by atoms with Gasteiger partial charge in [-0.3, -0.25) is 9.59 Å². The maximum atomic E-state index is 12.5. The van der Waals surface area contributed by atoms with E-state index in [-0.39, 0.29) is 11.8 Å². The Hall–Kier alpha value is -3.61. The number of ether oxygens (including phenoxy) is 1. The Balaban J connectivity index is 1.50. The van der Waals surface area contributed by atoms with E-state index in [2.05, 4.69) is 15.7 Å². The van der Waals surface area contributed by atoms with E-state index in [0.717, 1.165) is 11.4 Å². The van der Waals surface area contributed by atoms with Crippen molar-refractivity contribution in [1.29, 1.82) is 0 Å². The first-order valence-electron chi connectivity index (χ1n) is 8.55. The number of hydrogen-bond acceptors (Lipinski definition) is 4. The van der Waals surface area contributed by atoms with Gasteiger partial charge in [-0.1, -0.05) is 0 Å². The van der Waals surface area contributed by atoms with Gasteiger partial charge in [-0.25, -0.2) is 4.68 Å². The lowest BCUT2D eigenvalue weighted by atomic mass is 10.1. The van der Waals surface area contributed by atoms with Crippen LogP contribution in [-0.2, 0) is 4.79 Å². The number of nitrogens with zero attached hydrogens (tertiary/aromatic N) is 2. The molecule has 136 valence electrons. The average molecular weight is 362 g/mol. The van der Waals surface area contributed by atoms with Gasteiger partial charge in [-0.05, 0) is 62.4 Å². The summed E-state index contributed by atoms with van der Waals surface area (Å²) in [5, 5.41) is 9.85. The molecule has 0 bridgehead atoms. The number of rotatable bonds is 3. The van der Waals surface area contributed by atoms with E-state index in [1.807, 2.05) is 25.1 Å². The van der Waals surface area contributed by atoms with Gasteiger partial charge in [0.2, 0.25) is 0 Å². The maximum Gasteiger partial charge on any atom is 0.265 e. The zero-order valence-electron chi connectivity index (χ0n) is 14.9. The highest BCUT2D eigenvalue weighted by Crippen LogP contribution is 2.32. The maximum absolute atomic E-state index is 12.5. The monoisotopic (exact) mass is 362 g/mol. The second-order valence-electron chi connectivity index (χ2n) is 6.35. The van der Waals surface area contributed by atoms with Crippen LogP contribution < -0.4 is 15.4 Å². The van der Waals surface area contributed by atoms with Crippen molar-refractivity contribution in [2.24, 2.45) is 0 Å². The Labute approximate surface area is 156 Å². The molecule has 7 nitrogen and oxygen atoms in total. The number of carbonyl (C=O) groups is 2. The molecular formula is C20H18N4O3. The fourth-order valence-corrected chi connectivity index (χ4v) is 2.88. The molecular weight excluding hydrogens is 344 g/mol. The second kappa shape index (κ2) is 6.60. The molecule has 0 saturated carbocycles. The Morgan fingerprint density at radius 2 is 1.96 bits per heavy atom. The van der Waals surface area contributed by atoms with Gasteiger partial charge in [0, 0.05) is 23.1 Å². The number of fused-ring (bicyclic) bond motifs is 1. The zero-order valence-corrected chi connectivity index (χ0v) is 14.9. The number of aromatic nitrogens is 2. The summed E-state index contributed by atoms with van der Waals surface area (Å²) in [5.74, 6) is 0.129. The molecule has 2 heterocycles. The van der Waals surface area contributed by atoms with E-state index in [1.165, 1.54) is 0 Å². The summed E-state index contributed by atoms with van der Waals surface area (Å²) in [6, 6.07) is 14.2. The first-order chi connectivity index (χ1) is 13.0. The van der Waals surface area contributed by atoms with Gasteiger partial charge >= 0.3 is 0 Å². The topological polar surface area (TPSA) is 85.3 Å². The van der Waals surface area contributed by atoms with Gasteiger partial charge in [0.05, 0.1) is 11.4 Å². The summed E-state index contributed by atoms with van der Waals surface area (Å²) in [5.41, 5.74) is 3.54. The van der Waals surface area contributed by atoms with Crippen LogP contribution in [0.25, 0.3) is 5.69 Å². The molecule has 2 aromatic carbocycles. The molecule has 2 amide bonds. The molecule has 0 saturated heterocycles. The molecule has 1 atom stereocenters. The van der Waals surface area contributed by atoms with Crippen molar-refractivity contribution in [3.63, 3.8) is 0 Å². The van der Waals surface area contributed by atoms with E-state index < -0.39 is 6.10 Å². The lowest BCUT2D eigenvalue weighted by molar-refractivity contribution is -0.122. The molecule has 0 aliphatic carbocycles. The van der Waals surface area contributed by atoms with Crippen LogP contribution in [0.1, 0.15) is 23.0 Å². The fourth-order valence-electron chi connectivity index (χ4n) is 2.88. The molecule has 1 aliphatic heterocycles. The smallest absolute Gasteiger partial charge is 0.265 e. The molecule has 0 radical (unpaired) electrons. The quantitative estimate of drug-likeness (QED) is 0.749. The minimum absolute atomic E-state index is 0.213. The SMILES string of the molecule is Cc1ccnn1-c1ccc(C(=O)Nc2ccc3c(c2)NC(=O)[C@@H](C)O3)cc1. The summed E-state index contributed by atoms with van der Waals surface area (Å²) in [6.07, 6.45) is 1.20. The summed E-state index contributed by atoms with van der Waals surface area (Å²) < 4.78 is 7.31. The van der Waals surface area contributed by atoms with Crippen molar-refractivity contribution in [1.82, 2.24) is 9.78 Å². The van der Waals surface area contributed by atoms with Crippen LogP contribution in [-0.4, -0.2) is 27.7 Å². The summed E-state index contributed by atoms with van der Waals surface area (Å²) in [4.78, 5) is 24.2. The molecule has 4 rings (SSSR count). The number of hydrogen-bond donors (Lipinski definition) is 2. The number of anilines is 2. The van der Waals surface area contributed by atoms with E-state index in [1.54, 1.807) is 48.1 Å². The summed E-state index contributed by atoms with van der Waals surface area (Å²) in [6.45, 7) is 3.65. The predicted octanol–water partition coefficient (Wildman–Crippen LogP) is 3.15. The summed E-state index contributed by atoms with van der Waals surface area (Å²) in [7, 11) is 0. The molecule has 0 spiro atoms. The van der Waals surface area contributed by atoms with Crippen molar-refractivity contribution in [2.45, 2.75) is 20.0 Å². The van der Waals surface area contributed by atoms with Gasteiger partial charge in [0.1, 0.15) is 5.75 Å². The average Bonchev–Trinajstić information content (AvgIpc) is 3.09. The van der Waals surface area contributed by atoms with Crippen LogP contribution in [0.2, 0.25) is 0 Å². The van der Waals surface area contributed by atoms with Gasteiger partial charge < -0.3 is 15.4 Å². The molecule has 0 fully saturated rings. The van der Waals surface area contributed by atoms with Gasteiger partial charge in [-0.15, -0.1) is 0 Å². The zero-order chi connectivity index (χ0) is 19.0. The van der Waals surface area contributed by atoms with Crippen LogP contribution in [0.15, 0.2) is 54.7 Å². The first kappa shape index (κ1) is 16.8. The standard InChI is InChI=1S/C20H18N4O3/c1-12-9-10-21-24(12)16-6-3-14(4-7-16)20(26)22-15-5-8-18-17(11-15)23-19(25)13(2)27-18/h3-11,13H,1-2H3,(H,22,26)(H,23,25)/t13-/m1/s1. The van der Waals surface area contributed by atoms with Crippen LogP contribution in [0, 0.1) is 6.92 Å². The highest BCUT2D eigenvalue weighted by atomic mass is 16.5. The van der Waals surface area contributed by atoms with Crippen molar-refractivity contribution < 1.29 is 14.3 Å². The number of benzene rings is 2. The third-order valence-corrected chi connectivity index (χ3v) is 4.37. The van der Waals surface area contributed by atoms with Gasteiger partial charge in [0.25, 0.3) is 11.8 Å². The lowest BCUT2D eigenvalue weighted by Crippen LogP contribution is -2.34. The van der Waals surface area contributed by atoms with Crippen LogP contribution in [0.5, 0.6) is 5.75 Å². The highest BCUT2D eigenvalue weighted by Gasteiger charge is 2.23. The summed E-state index contributed by atoms with van der Waals surface area (Å²) >= 11 is 0. The molecule has 3 aromatic rings. The predicted molar refractivity (Wildman–Crippen MR) is 101 cm³/mol. The van der Waals surface area contributed by atoms with Crippen LogP contribution in [0.4, 0.5) is 11.4 Å². The van der Waals surface area contributed by atoms with E-state index in [4.69, 9.17) is 4.74 Å². The fraction of sp³-hybridized carbons (Fsp3) is 0.150. The van der Waals surface area contributed by atoms with Crippen molar-refractivity contribution in [3.8, 4) is 11.4 Å². The van der Waals surface area contributed by atoms with Crippen molar-refractivity contribution in [2.75, 3.05) is 10.6 Å². The van der Waals surface area contributed by atoms with Crippen molar-refractivity contribution >= 4 is 23.2 Å². The molecule has 27 heavy (non-hydrogen) atoms. The number of amides is 2. The number of nitrogens with one attached hydrogen (secondary N) is 2. The highest BCUT2D eigenvalue weighted by molar-refractivity contribution is 6.05. The third-order valence-electron chi connectivity index (χ3n) is 4.37. The second-order valence-corrected chi connectivity index (χ2v) is 6.35. The number of aryl methyl sites for hydroxylation is 1. The van der Waals surface area contributed by atoms with E-state index >= 15 is 0 Å². The molecule has 2 N–H and O–H groups in total. The van der Waals surface area contributed by atoms with Gasteiger partial charge in [0.15, 0.2) is 6.10 Å². The Morgan fingerprint density at radius 3 is 2.67 bits per heavy atom. The Bertz CT molecular complexity index is 1020. The molecule has 0 unspecified atom stereocenters. The van der Waals surface area contributed by atoms with Crippen molar-refractivity contribution in [3.05, 3.63) is 66.0 Å². The minimum Gasteiger partial charge on any atom is -0.479 e. The molecule has 1 aromatic heterocycles. The largest absolute Gasteiger partial charge is 0.479 e. The number of carbonyl (C=O) groups excluding carboxylic acids is 2. The first-order valence-corrected chi connectivity index (χ1v) is 8.55. The Kier molecular flexibility index (Phi) is 4.12. The lowest BCUT2D eigenvalue weighted by Gasteiger charge is -2.23. The van der Waals surface area contributed by atoms with Crippen LogP contribution in [0.3, 0.4) is 0 Å². The van der Waals surface area contributed by atoms with E-state index in [9.17, 15) is 9.59 Å². The molecule has 1 aliphatic rings. The van der Waals surface area contributed by atoms with Gasteiger partial charge in [-0.2, -0.15) is 5.10 Å². The molecule has 7 heteroatoms. The third kappa shape index (κ3) is 3.27. The van der Waals surface area contributed by atoms with E-state index in [0.29, 0.717) is 22.7 Å². The minimum atomic E-state index is -0.533. The normalized spacial score (nSPS) is 15.5.